The van der Waals surface area contributed by atoms with Crippen molar-refractivity contribution in [2.45, 2.75) is 0 Å². The molecule has 0 saturated carbocycles. The highest BCUT2D eigenvalue weighted by atomic mass is 16.3. The first-order valence-corrected chi connectivity index (χ1v) is 7.69. The third kappa shape index (κ3) is 2.92. The Bertz CT molecular complexity index is 1060. The lowest BCUT2D eigenvalue weighted by molar-refractivity contribution is 0.102. The summed E-state index contributed by atoms with van der Waals surface area (Å²) >= 11 is 0. The zero-order chi connectivity index (χ0) is 17.2. The molecule has 4 rings (SSSR count). The number of pyridine rings is 1. The van der Waals surface area contributed by atoms with Crippen LogP contribution in [0.2, 0.25) is 0 Å². The maximum Gasteiger partial charge on any atom is 0.274 e. The number of anilines is 1. The van der Waals surface area contributed by atoms with Crippen LogP contribution in [0.1, 0.15) is 10.5 Å². The van der Waals surface area contributed by atoms with Crippen molar-refractivity contribution in [3.8, 4) is 16.9 Å². The van der Waals surface area contributed by atoms with Gasteiger partial charge in [0.1, 0.15) is 11.4 Å². The monoisotopic (exact) mass is 330 g/mol. The van der Waals surface area contributed by atoms with Crippen LogP contribution in [-0.2, 0) is 0 Å². The minimum atomic E-state index is -0.295. The van der Waals surface area contributed by atoms with Gasteiger partial charge in [0.2, 0.25) is 0 Å². The zero-order valence-electron chi connectivity index (χ0n) is 13.1. The number of fused-ring (bicyclic) bond motifs is 1. The first kappa shape index (κ1) is 14.9. The fraction of sp³-hybridized carbons (Fsp3) is 0. The number of nitrogens with one attached hydrogen (secondary N) is 2. The van der Waals surface area contributed by atoms with Crippen LogP contribution in [0.15, 0.2) is 67.0 Å². The van der Waals surface area contributed by atoms with E-state index < -0.39 is 0 Å². The summed E-state index contributed by atoms with van der Waals surface area (Å²) < 4.78 is 0. The minimum absolute atomic E-state index is 0.182. The number of carbonyl (C=O) groups excluding carboxylic acids is 1. The molecule has 2 aromatic carbocycles. The van der Waals surface area contributed by atoms with Gasteiger partial charge in [-0.3, -0.25) is 14.9 Å². The van der Waals surface area contributed by atoms with Crippen LogP contribution >= 0.6 is 0 Å². The van der Waals surface area contributed by atoms with Gasteiger partial charge in [0.25, 0.3) is 5.91 Å². The molecule has 1 amide bonds. The summed E-state index contributed by atoms with van der Waals surface area (Å²) in [6.07, 6.45) is 3.24. The topological polar surface area (TPSA) is 90.9 Å². The van der Waals surface area contributed by atoms with Gasteiger partial charge in [-0.15, -0.1) is 0 Å². The molecule has 0 aliphatic carbocycles. The number of H-pyrrole nitrogens is 1. The van der Waals surface area contributed by atoms with E-state index >= 15 is 0 Å². The second-order valence-corrected chi connectivity index (χ2v) is 5.57. The molecule has 0 spiro atoms. The van der Waals surface area contributed by atoms with E-state index in [2.05, 4.69) is 20.5 Å². The third-order valence-electron chi connectivity index (χ3n) is 3.88. The largest absolute Gasteiger partial charge is 0.508 e. The van der Waals surface area contributed by atoms with Crippen LogP contribution in [-0.4, -0.2) is 26.2 Å². The van der Waals surface area contributed by atoms with Crippen molar-refractivity contribution in [1.29, 1.82) is 0 Å². The number of carbonyl (C=O) groups is 1. The number of amides is 1. The molecule has 0 saturated heterocycles. The molecule has 3 N–H and O–H groups in total. The lowest BCUT2D eigenvalue weighted by Crippen LogP contribution is -2.13. The average molecular weight is 330 g/mol. The summed E-state index contributed by atoms with van der Waals surface area (Å²) in [7, 11) is 0. The van der Waals surface area contributed by atoms with Crippen molar-refractivity contribution in [1.82, 2.24) is 15.2 Å². The van der Waals surface area contributed by atoms with Crippen molar-refractivity contribution < 1.29 is 9.90 Å². The molecule has 0 aliphatic rings. The molecule has 2 aromatic heterocycles. The lowest BCUT2D eigenvalue weighted by Gasteiger charge is -2.09. The summed E-state index contributed by atoms with van der Waals surface area (Å²) in [6.45, 7) is 0. The van der Waals surface area contributed by atoms with Crippen LogP contribution in [0.5, 0.6) is 5.75 Å². The van der Waals surface area contributed by atoms with Crippen LogP contribution in [0.3, 0.4) is 0 Å². The van der Waals surface area contributed by atoms with Crippen molar-refractivity contribution in [3.05, 3.63) is 72.7 Å². The standard InChI is InChI=1S/C19H14N4O2/c24-14-5-3-4-12(8-14)13-9-17(15-11-21-23-18(15)10-13)22-19(25)16-6-1-2-7-20-16/h1-11,24H,(H,21,23)(H,22,25). The van der Waals surface area contributed by atoms with Gasteiger partial charge in [-0.2, -0.15) is 5.10 Å². The van der Waals surface area contributed by atoms with Crippen molar-refractivity contribution in [3.63, 3.8) is 0 Å². The van der Waals surface area contributed by atoms with E-state index in [1.807, 2.05) is 18.2 Å². The Balaban J connectivity index is 1.78. The molecule has 0 fully saturated rings. The van der Waals surface area contributed by atoms with Gasteiger partial charge in [-0.1, -0.05) is 18.2 Å². The summed E-state index contributed by atoms with van der Waals surface area (Å²) in [5.74, 6) is -0.113. The van der Waals surface area contributed by atoms with Gasteiger partial charge in [-0.25, -0.2) is 0 Å². The van der Waals surface area contributed by atoms with Crippen LogP contribution in [0, 0.1) is 0 Å². The number of hydrogen-bond donors (Lipinski definition) is 3. The Hall–Kier alpha value is -3.67. The number of aromatic hydroxyl groups is 1. The van der Waals surface area contributed by atoms with Crippen LogP contribution < -0.4 is 5.32 Å². The highest BCUT2D eigenvalue weighted by Crippen LogP contribution is 2.31. The Morgan fingerprint density at radius 2 is 1.96 bits per heavy atom. The van der Waals surface area contributed by atoms with Crippen LogP contribution in [0.25, 0.3) is 22.0 Å². The number of hydrogen-bond acceptors (Lipinski definition) is 4. The first-order chi connectivity index (χ1) is 12.2. The van der Waals surface area contributed by atoms with E-state index in [-0.39, 0.29) is 11.7 Å². The van der Waals surface area contributed by atoms with E-state index in [4.69, 9.17) is 0 Å². The first-order valence-electron chi connectivity index (χ1n) is 7.69. The summed E-state index contributed by atoms with van der Waals surface area (Å²) in [4.78, 5) is 16.5. The predicted octanol–water partition coefficient (Wildman–Crippen LogP) is 3.58. The summed E-state index contributed by atoms with van der Waals surface area (Å²) in [5, 5.41) is 20.4. The number of aromatic nitrogens is 3. The average Bonchev–Trinajstić information content (AvgIpc) is 3.11. The fourth-order valence-corrected chi connectivity index (χ4v) is 2.69. The van der Waals surface area contributed by atoms with Crippen molar-refractivity contribution in [2.75, 3.05) is 5.32 Å². The molecule has 0 bridgehead atoms. The maximum absolute atomic E-state index is 12.4. The van der Waals surface area contributed by atoms with Gasteiger partial charge >= 0.3 is 0 Å². The number of aromatic amines is 1. The molecule has 6 heteroatoms. The summed E-state index contributed by atoms with van der Waals surface area (Å²) in [6, 6.07) is 15.9. The van der Waals surface area contributed by atoms with Gasteiger partial charge in [0.15, 0.2) is 0 Å². The second-order valence-electron chi connectivity index (χ2n) is 5.57. The second kappa shape index (κ2) is 6.09. The van der Waals surface area contributed by atoms with E-state index in [1.54, 1.807) is 48.8 Å². The number of phenolic OH excluding ortho intramolecular Hbond substituents is 1. The zero-order valence-corrected chi connectivity index (χ0v) is 13.1. The molecular formula is C19H14N4O2. The molecule has 122 valence electrons. The lowest BCUT2D eigenvalue weighted by atomic mass is 10.0. The number of rotatable bonds is 3. The molecule has 0 radical (unpaired) electrons. The van der Waals surface area contributed by atoms with Crippen molar-refractivity contribution in [2.24, 2.45) is 0 Å². The molecule has 0 aliphatic heterocycles. The third-order valence-corrected chi connectivity index (χ3v) is 3.88. The molecule has 25 heavy (non-hydrogen) atoms. The molecule has 4 aromatic rings. The minimum Gasteiger partial charge on any atom is -0.508 e. The Labute approximate surface area is 143 Å². The normalized spacial score (nSPS) is 10.7. The number of benzene rings is 2. The van der Waals surface area contributed by atoms with Crippen LogP contribution in [0.4, 0.5) is 5.69 Å². The van der Waals surface area contributed by atoms with Gasteiger partial charge in [0, 0.05) is 11.6 Å². The van der Waals surface area contributed by atoms with E-state index in [0.717, 1.165) is 22.0 Å². The Kier molecular flexibility index (Phi) is 3.63. The molecule has 0 atom stereocenters. The van der Waals surface area contributed by atoms with Gasteiger partial charge in [0.05, 0.1) is 17.4 Å². The Morgan fingerprint density at radius 1 is 1.04 bits per heavy atom. The maximum atomic E-state index is 12.4. The highest BCUT2D eigenvalue weighted by Gasteiger charge is 2.12. The SMILES string of the molecule is O=C(Nc1cc(-c2cccc(O)c2)cc2[nH]ncc12)c1ccccn1. The summed E-state index contributed by atoms with van der Waals surface area (Å²) in [5.41, 5.74) is 3.44. The Morgan fingerprint density at radius 3 is 2.76 bits per heavy atom. The van der Waals surface area contributed by atoms with E-state index in [0.29, 0.717) is 11.4 Å². The highest BCUT2D eigenvalue weighted by molar-refractivity contribution is 6.08. The quantitative estimate of drug-likeness (QED) is 0.535. The molecule has 0 unspecified atom stereocenters. The van der Waals surface area contributed by atoms with Crippen molar-refractivity contribution >= 4 is 22.5 Å². The van der Waals surface area contributed by atoms with Gasteiger partial charge < -0.3 is 10.4 Å². The van der Waals surface area contributed by atoms with Gasteiger partial charge in [-0.05, 0) is 47.5 Å². The smallest absolute Gasteiger partial charge is 0.274 e. The van der Waals surface area contributed by atoms with E-state index in [9.17, 15) is 9.90 Å². The molecular weight excluding hydrogens is 316 g/mol. The number of phenols is 1. The molecule has 6 nitrogen and oxygen atoms in total. The van der Waals surface area contributed by atoms with E-state index in [1.165, 1.54) is 0 Å². The predicted molar refractivity (Wildman–Crippen MR) is 95.4 cm³/mol. The molecule has 2 heterocycles. The fourth-order valence-electron chi connectivity index (χ4n) is 2.69. The number of nitrogens with zero attached hydrogens (tertiary/aromatic N) is 2.